The van der Waals surface area contributed by atoms with Crippen LogP contribution in [0.5, 0.6) is 5.75 Å². The maximum absolute atomic E-state index is 12.5. The summed E-state index contributed by atoms with van der Waals surface area (Å²) in [6.45, 7) is 7.31. The van der Waals surface area contributed by atoms with E-state index < -0.39 is 0 Å². The SMILES string of the molecule is CCOc1ccccc1N1CCN(C(=O)NCCCN(C)c2ccccc2)CC1. The van der Waals surface area contributed by atoms with Crippen molar-refractivity contribution in [3.8, 4) is 5.75 Å². The van der Waals surface area contributed by atoms with E-state index in [0.717, 1.165) is 50.6 Å². The number of hydrogen-bond donors (Lipinski definition) is 1. The first-order chi connectivity index (χ1) is 14.2. The Balaban J connectivity index is 1.39. The van der Waals surface area contributed by atoms with Crippen LogP contribution in [0.3, 0.4) is 0 Å². The average Bonchev–Trinajstić information content (AvgIpc) is 2.78. The van der Waals surface area contributed by atoms with Gasteiger partial charge in [-0.3, -0.25) is 0 Å². The zero-order valence-corrected chi connectivity index (χ0v) is 17.5. The van der Waals surface area contributed by atoms with E-state index in [9.17, 15) is 4.79 Å². The number of hydrogen-bond acceptors (Lipinski definition) is 4. The number of rotatable bonds is 8. The Morgan fingerprint density at radius 3 is 2.45 bits per heavy atom. The molecule has 1 heterocycles. The summed E-state index contributed by atoms with van der Waals surface area (Å²) in [4.78, 5) is 18.9. The van der Waals surface area contributed by atoms with Gasteiger partial charge in [-0.05, 0) is 37.6 Å². The lowest BCUT2D eigenvalue weighted by Crippen LogP contribution is -2.52. The third-order valence-corrected chi connectivity index (χ3v) is 5.22. The lowest BCUT2D eigenvalue weighted by Gasteiger charge is -2.36. The fraction of sp³-hybridized carbons (Fsp3) is 0.435. The van der Waals surface area contributed by atoms with Gasteiger partial charge in [-0.1, -0.05) is 30.3 Å². The van der Waals surface area contributed by atoms with Crippen LogP contribution in [-0.2, 0) is 0 Å². The van der Waals surface area contributed by atoms with Crippen LogP contribution in [0.4, 0.5) is 16.2 Å². The number of nitrogens with one attached hydrogen (secondary N) is 1. The maximum atomic E-state index is 12.5. The molecule has 2 amide bonds. The van der Waals surface area contributed by atoms with E-state index in [-0.39, 0.29) is 6.03 Å². The lowest BCUT2D eigenvalue weighted by atomic mass is 10.2. The van der Waals surface area contributed by atoms with Crippen LogP contribution in [0.25, 0.3) is 0 Å². The Hall–Kier alpha value is -2.89. The van der Waals surface area contributed by atoms with Crippen LogP contribution in [0.1, 0.15) is 13.3 Å². The number of carbonyl (C=O) groups is 1. The number of benzene rings is 2. The molecular formula is C23H32N4O2. The number of piperazine rings is 1. The molecule has 6 nitrogen and oxygen atoms in total. The normalized spacial score (nSPS) is 13.9. The molecule has 29 heavy (non-hydrogen) atoms. The quantitative estimate of drug-likeness (QED) is 0.695. The van der Waals surface area contributed by atoms with Crippen molar-refractivity contribution in [1.29, 1.82) is 0 Å². The molecule has 1 N–H and O–H groups in total. The molecule has 0 spiro atoms. The largest absolute Gasteiger partial charge is 0.492 e. The van der Waals surface area contributed by atoms with Crippen LogP contribution >= 0.6 is 0 Å². The van der Waals surface area contributed by atoms with Crippen LogP contribution in [-0.4, -0.2) is 63.9 Å². The Labute approximate surface area is 174 Å². The number of nitrogens with zero attached hydrogens (tertiary/aromatic N) is 3. The second-order valence-electron chi connectivity index (χ2n) is 7.22. The molecule has 1 saturated heterocycles. The minimum atomic E-state index is 0.0325. The maximum Gasteiger partial charge on any atom is 0.317 e. The lowest BCUT2D eigenvalue weighted by molar-refractivity contribution is 0.194. The highest BCUT2D eigenvalue weighted by Gasteiger charge is 2.22. The summed E-state index contributed by atoms with van der Waals surface area (Å²) >= 11 is 0. The molecule has 0 unspecified atom stereocenters. The van der Waals surface area contributed by atoms with Crippen LogP contribution in [0.2, 0.25) is 0 Å². The van der Waals surface area contributed by atoms with Gasteiger partial charge in [0.15, 0.2) is 0 Å². The molecule has 3 rings (SSSR count). The van der Waals surface area contributed by atoms with Crippen molar-refractivity contribution >= 4 is 17.4 Å². The Morgan fingerprint density at radius 2 is 1.72 bits per heavy atom. The molecule has 0 aromatic heterocycles. The number of carbonyl (C=O) groups excluding carboxylic acids is 1. The van der Waals surface area contributed by atoms with Crippen molar-refractivity contribution in [3.63, 3.8) is 0 Å². The van der Waals surface area contributed by atoms with Crippen molar-refractivity contribution in [1.82, 2.24) is 10.2 Å². The predicted octanol–water partition coefficient (Wildman–Crippen LogP) is 3.44. The second kappa shape index (κ2) is 10.6. The zero-order chi connectivity index (χ0) is 20.5. The van der Waals surface area contributed by atoms with Gasteiger partial charge in [0.25, 0.3) is 0 Å². The summed E-state index contributed by atoms with van der Waals surface area (Å²) in [6.07, 6.45) is 0.916. The van der Waals surface area contributed by atoms with Crippen molar-refractivity contribution in [3.05, 3.63) is 54.6 Å². The summed E-state index contributed by atoms with van der Waals surface area (Å²) in [7, 11) is 2.08. The molecule has 1 aliphatic heterocycles. The Kier molecular flexibility index (Phi) is 7.61. The summed E-state index contributed by atoms with van der Waals surface area (Å²) in [5, 5.41) is 3.06. The second-order valence-corrected chi connectivity index (χ2v) is 7.22. The molecule has 0 atom stereocenters. The van der Waals surface area contributed by atoms with E-state index in [1.54, 1.807) is 0 Å². The first-order valence-corrected chi connectivity index (χ1v) is 10.4. The molecule has 1 aliphatic rings. The van der Waals surface area contributed by atoms with Crippen molar-refractivity contribution < 1.29 is 9.53 Å². The minimum absolute atomic E-state index is 0.0325. The van der Waals surface area contributed by atoms with Gasteiger partial charge in [-0.15, -0.1) is 0 Å². The number of ether oxygens (including phenoxy) is 1. The van der Waals surface area contributed by atoms with Gasteiger partial charge in [0.2, 0.25) is 0 Å². The number of amides is 2. The smallest absolute Gasteiger partial charge is 0.317 e. The zero-order valence-electron chi connectivity index (χ0n) is 17.5. The molecule has 156 valence electrons. The highest BCUT2D eigenvalue weighted by molar-refractivity contribution is 5.74. The monoisotopic (exact) mass is 396 g/mol. The summed E-state index contributed by atoms with van der Waals surface area (Å²) in [5.41, 5.74) is 2.31. The third kappa shape index (κ3) is 5.79. The van der Waals surface area contributed by atoms with Gasteiger partial charge in [0, 0.05) is 52.0 Å². The molecule has 2 aromatic rings. The molecule has 0 aliphatic carbocycles. The highest BCUT2D eigenvalue weighted by Crippen LogP contribution is 2.28. The molecule has 1 fully saturated rings. The number of para-hydroxylation sites is 3. The fourth-order valence-corrected chi connectivity index (χ4v) is 3.58. The van der Waals surface area contributed by atoms with Gasteiger partial charge >= 0.3 is 6.03 Å². The molecule has 0 radical (unpaired) electrons. The highest BCUT2D eigenvalue weighted by atomic mass is 16.5. The topological polar surface area (TPSA) is 48.1 Å². The van der Waals surface area contributed by atoms with Gasteiger partial charge in [-0.25, -0.2) is 4.79 Å². The molecule has 0 saturated carbocycles. The van der Waals surface area contributed by atoms with Crippen molar-refractivity contribution in [2.75, 3.05) is 62.7 Å². The average molecular weight is 397 g/mol. The third-order valence-electron chi connectivity index (χ3n) is 5.22. The van der Waals surface area contributed by atoms with E-state index in [0.29, 0.717) is 13.2 Å². The van der Waals surface area contributed by atoms with Crippen LogP contribution in [0.15, 0.2) is 54.6 Å². The summed E-state index contributed by atoms with van der Waals surface area (Å²) in [6, 6.07) is 18.5. The number of anilines is 2. The van der Waals surface area contributed by atoms with Gasteiger partial charge < -0.3 is 24.8 Å². The van der Waals surface area contributed by atoms with Gasteiger partial charge in [0.1, 0.15) is 5.75 Å². The Morgan fingerprint density at radius 1 is 1.03 bits per heavy atom. The van der Waals surface area contributed by atoms with E-state index in [4.69, 9.17) is 4.74 Å². The van der Waals surface area contributed by atoms with E-state index in [1.807, 2.05) is 48.2 Å². The summed E-state index contributed by atoms with van der Waals surface area (Å²) in [5.74, 6) is 0.912. The standard InChI is InChI=1S/C23H32N4O2/c1-3-29-22-13-8-7-12-21(22)26-16-18-27(19-17-26)23(28)24-14-9-15-25(2)20-10-5-4-6-11-20/h4-8,10-13H,3,9,14-19H2,1-2H3,(H,24,28). The van der Waals surface area contributed by atoms with Crippen LogP contribution < -0.4 is 19.9 Å². The fourth-order valence-electron chi connectivity index (χ4n) is 3.58. The first-order valence-electron chi connectivity index (χ1n) is 10.4. The van der Waals surface area contributed by atoms with Gasteiger partial charge in [0.05, 0.1) is 12.3 Å². The van der Waals surface area contributed by atoms with E-state index in [2.05, 4.69) is 40.4 Å². The molecule has 0 bridgehead atoms. The summed E-state index contributed by atoms with van der Waals surface area (Å²) < 4.78 is 5.74. The van der Waals surface area contributed by atoms with Crippen LogP contribution in [0, 0.1) is 0 Å². The number of urea groups is 1. The Bertz CT molecular complexity index is 760. The van der Waals surface area contributed by atoms with Gasteiger partial charge in [-0.2, -0.15) is 0 Å². The van der Waals surface area contributed by atoms with Crippen molar-refractivity contribution in [2.24, 2.45) is 0 Å². The molecular weight excluding hydrogens is 364 g/mol. The van der Waals surface area contributed by atoms with Crippen molar-refractivity contribution in [2.45, 2.75) is 13.3 Å². The van der Waals surface area contributed by atoms with E-state index >= 15 is 0 Å². The molecule has 2 aromatic carbocycles. The molecule has 6 heteroatoms. The predicted molar refractivity (Wildman–Crippen MR) is 119 cm³/mol. The first kappa shape index (κ1) is 20.8. The van der Waals surface area contributed by atoms with E-state index in [1.165, 1.54) is 5.69 Å². The minimum Gasteiger partial charge on any atom is -0.492 e.